The summed E-state index contributed by atoms with van der Waals surface area (Å²) in [7, 11) is -2.91. The maximum Gasteiger partial charge on any atom is 0.179 e. The summed E-state index contributed by atoms with van der Waals surface area (Å²) in [5, 5.41) is 8.80. The molecule has 0 saturated carbocycles. The van der Waals surface area contributed by atoms with Crippen LogP contribution >= 0.6 is 10.8 Å². The van der Waals surface area contributed by atoms with Crippen LogP contribution in [0.1, 0.15) is 13.8 Å². The Morgan fingerprint density at radius 1 is 1.38 bits per heavy atom. The second kappa shape index (κ2) is 3.49. The highest BCUT2D eigenvalue weighted by atomic mass is 32.3. The average Bonchev–Trinajstić information content (AvgIpc) is 2.35. The van der Waals surface area contributed by atoms with E-state index in [4.69, 9.17) is 5.11 Å². The van der Waals surface area contributed by atoms with Gasteiger partial charge in [0.1, 0.15) is 18.2 Å². The number of furan rings is 1. The van der Waals surface area contributed by atoms with Gasteiger partial charge in [-0.15, -0.1) is 10.8 Å². The van der Waals surface area contributed by atoms with Crippen LogP contribution < -0.4 is 4.72 Å². The van der Waals surface area contributed by atoms with Crippen LogP contribution in [-0.4, -0.2) is 19.5 Å². The van der Waals surface area contributed by atoms with E-state index in [1.807, 2.05) is 0 Å². The van der Waals surface area contributed by atoms with Crippen molar-refractivity contribution in [2.24, 2.45) is 0 Å². The number of hydrogen-bond acceptors (Lipinski definition) is 5. The van der Waals surface area contributed by atoms with Gasteiger partial charge in [-0.25, -0.2) is 0 Å². The van der Waals surface area contributed by atoms with Crippen LogP contribution in [0.5, 0.6) is 5.75 Å². The zero-order valence-corrected chi connectivity index (χ0v) is 8.21. The molecule has 0 fully saturated rings. The minimum Gasteiger partial charge on any atom is -0.503 e. The Kier molecular flexibility index (Phi) is 2.74. The van der Waals surface area contributed by atoms with Crippen molar-refractivity contribution in [1.29, 1.82) is 0 Å². The fraction of sp³-hybridized carbons (Fsp3) is 0.429. The molecule has 0 aromatic carbocycles. The molecule has 1 aromatic heterocycles. The highest BCUT2D eigenvalue weighted by Gasteiger charge is 2.19. The van der Waals surface area contributed by atoms with Gasteiger partial charge in [0, 0.05) is 0 Å². The Labute approximate surface area is 77.9 Å². The van der Waals surface area contributed by atoms with E-state index in [0.717, 1.165) is 6.26 Å². The molecule has 4 N–H and O–H groups in total. The summed E-state index contributed by atoms with van der Waals surface area (Å²) in [5.41, 5.74) is 0.189. The monoisotopic (exact) mass is 207 g/mol. The quantitative estimate of drug-likeness (QED) is 0.611. The molecule has 1 rings (SSSR count). The summed E-state index contributed by atoms with van der Waals surface area (Å²) in [5.74, 6) is -0.138. The zero-order chi connectivity index (χ0) is 10.1. The standard InChI is InChI=1S/C7H13NO4S/c1-5(2)13(10,11)8-6-3-12-4-7(6)9/h3-5,8-11H,1-2H3. The van der Waals surface area contributed by atoms with E-state index in [1.165, 1.54) is 6.26 Å². The van der Waals surface area contributed by atoms with Crippen LogP contribution in [0.2, 0.25) is 0 Å². The van der Waals surface area contributed by atoms with Gasteiger partial charge in [0.05, 0.1) is 5.25 Å². The van der Waals surface area contributed by atoms with E-state index in [9.17, 15) is 9.11 Å². The van der Waals surface area contributed by atoms with Gasteiger partial charge in [-0.2, -0.15) is 0 Å². The molecule has 0 saturated heterocycles. The summed E-state index contributed by atoms with van der Waals surface area (Å²) in [6, 6.07) is 0. The summed E-state index contributed by atoms with van der Waals surface area (Å²) < 4.78 is 26.0. The van der Waals surface area contributed by atoms with Crippen molar-refractivity contribution in [3.05, 3.63) is 12.5 Å². The molecule has 0 bridgehead atoms. The van der Waals surface area contributed by atoms with Gasteiger partial charge in [-0.3, -0.25) is 13.8 Å². The maximum absolute atomic E-state index is 9.46. The third kappa shape index (κ3) is 2.30. The minimum atomic E-state index is -2.91. The van der Waals surface area contributed by atoms with Crippen molar-refractivity contribution in [3.63, 3.8) is 0 Å². The first kappa shape index (κ1) is 10.2. The number of hydrogen-bond donors (Lipinski definition) is 4. The Hall–Kier alpha value is -0.850. The highest BCUT2D eigenvalue weighted by molar-refractivity contribution is 8.25. The Morgan fingerprint density at radius 2 is 2.00 bits per heavy atom. The number of rotatable bonds is 3. The SMILES string of the molecule is CC(C)S(O)(O)Nc1cocc1O. The van der Waals surface area contributed by atoms with E-state index < -0.39 is 10.8 Å². The molecule has 0 aliphatic heterocycles. The first-order chi connectivity index (χ1) is 5.93. The second-order valence-electron chi connectivity index (χ2n) is 2.91. The van der Waals surface area contributed by atoms with E-state index in [0.29, 0.717) is 0 Å². The average molecular weight is 207 g/mol. The molecular weight excluding hydrogens is 194 g/mol. The number of nitrogens with one attached hydrogen (secondary N) is 1. The van der Waals surface area contributed by atoms with Crippen molar-refractivity contribution in [2.75, 3.05) is 4.72 Å². The van der Waals surface area contributed by atoms with Crippen molar-refractivity contribution < 1.29 is 18.6 Å². The normalized spacial score (nSPS) is 13.3. The first-order valence-corrected chi connectivity index (χ1v) is 5.34. The fourth-order valence-electron chi connectivity index (χ4n) is 0.646. The Bertz CT molecular complexity index is 284. The summed E-state index contributed by atoms with van der Waals surface area (Å²) in [4.78, 5) is 0. The summed E-state index contributed by atoms with van der Waals surface area (Å²) in [6.45, 7) is 3.33. The second-order valence-corrected chi connectivity index (χ2v) is 5.25. The van der Waals surface area contributed by atoms with E-state index >= 15 is 0 Å². The molecule has 0 radical (unpaired) electrons. The van der Waals surface area contributed by atoms with Gasteiger partial charge >= 0.3 is 0 Å². The largest absolute Gasteiger partial charge is 0.503 e. The Morgan fingerprint density at radius 3 is 2.38 bits per heavy atom. The summed E-state index contributed by atoms with van der Waals surface area (Å²) >= 11 is 0. The number of anilines is 1. The molecule has 0 spiro atoms. The van der Waals surface area contributed by atoms with Gasteiger partial charge in [0.2, 0.25) is 0 Å². The molecule has 1 aromatic rings. The van der Waals surface area contributed by atoms with Gasteiger partial charge in [-0.1, -0.05) is 0 Å². The fourth-order valence-corrected chi connectivity index (χ4v) is 1.36. The van der Waals surface area contributed by atoms with Crippen LogP contribution in [0.4, 0.5) is 5.69 Å². The molecule has 13 heavy (non-hydrogen) atoms. The molecule has 5 nitrogen and oxygen atoms in total. The predicted molar refractivity (Wildman–Crippen MR) is 52.0 cm³/mol. The van der Waals surface area contributed by atoms with Gasteiger partial charge in [-0.05, 0) is 13.8 Å². The lowest BCUT2D eigenvalue weighted by Gasteiger charge is -2.36. The van der Waals surface area contributed by atoms with E-state index in [-0.39, 0.29) is 16.7 Å². The number of aromatic hydroxyl groups is 1. The van der Waals surface area contributed by atoms with Crippen LogP contribution in [0.15, 0.2) is 16.9 Å². The van der Waals surface area contributed by atoms with Gasteiger partial charge in [0.15, 0.2) is 5.75 Å². The molecule has 0 atom stereocenters. The molecule has 0 aliphatic carbocycles. The topological polar surface area (TPSA) is 85.9 Å². The van der Waals surface area contributed by atoms with Crippen LogP contribution in [-0.2, 0) is 0 Å². The van der Waals surface area contributed by atoms with E-state index in [1.54, 1.807) is 13.8 Å². The van der Waals surface area contributed by atoms with Crippen molar-refractivity contribution in [1.82, 2.24) is 0 Å². The van der Waals surface area contributed by atoms with Gasteiger partial charge < -0.3 is 9.52 Å². The minimum absolute atomic E-state index is 0.138. The molecule has 0 unspecified atom stereocenters. The lowest BCUT2D eigenvalue weighted by Crippen LogP contribution is -2.18. The molecule has 1 heterocycles. The lowest BCUT2D eigenvalue weighted by atomic mass is 10.5. The lowest BCUT2D eigenvalue weighted by molar-refractivity contribution is 0.458. The molecule has 0 amide bonds. The highest BCUT2D eigenvalue weighted by Crippen LogP contribution is 2.45. The smallest absolute Gasteiger partial charge is 0.179 e. The molecule has 76 valence electrons. The van der Waals surface area contributed by atoms with Crippen molar-refractivity contribution >= 4 is 16.5 Å². The predicted octanol–water partition coefficient (Wildman–Crippen LogP) is 2.47. The molecular formula is C7H13NO4S. The molecule has 0 aliphatic rings. The maximum atomic E-state index is 9.46. The van der Waals surface area contributed by atoms with Crippen molar-refractivity contribution in [2.45, 2.75) is 19.1 Å². The molecule has 6 heteroatoms. The third-order valence-electron chi connectivity index (χ3n) is 1.56. The van der Waals surface area contributed by atoms with Crippen LogP contribution in [0, 0.1) is 0 Å². The first-order valence-electron chi connectivity index (χ1n) is 3.73. The van der Waals surface area contributed by atoms with Crippen molar-refractivity contribution in [3.8, 4) is 5.75 Å². The third-order valence-corrected chi connectivity index (χ3v) is 3.39. The Balaban J connectivity index is 2.74. The summed E-state index contributed by atoms with van der Waals surface area (Å²) in [6.07, 6.45) is 2.32. The van der Waals surface area contributed by atoms with Gasteiger partial charge in [0.25, 0.3) is 0 Å². The van der Waals surface area contributed by atoms with Crippen LogP contribution in [0.25, 0.3) is 0 Å². The van der Waals surface area contributed by atoms with E-state index in [2.05, 4.69) is 9.14 Å². The van der Waals surface area contributed by atoms with Crippen LogP contribution in [0.3, 0.4) is 0 Å². The zero-order valence-electron chi connectivity index (χ0n) is 7.39.